The van der Waals surface area contributed by atoms with Gasteiger partial charge in [-0.2, -0.15) is 5.10 Å². The van der Waals surface area contributed by atoms with Crippen molar-refractivity contribution in [1.29, 1.82) is 0 Å². The van der Waals surface area contributed by atoms with Crippen molar-refractivity contribution in [2.24, 2.45) is 0 Å². The van der Waals surface area contributed by atoms with Gasteiger partial charge in [0.1, 0.15) is 5.82 Å². The van der Waals surface area contributed by atoms with E-state index in [0.29, 0.717) is 12.6 Å². The molecule has 7 nitrogen and oxygen atoms in total. The fraction of sp³-hybridized carbons (Fsp3) is 0.556. The molecule has 25 heavy (non-hydrogen) atoms. The molecule has 2 aromatic heterocycles. The van der Waals surface area contributed by atoms with E-state index >= 15 is 0 Å². The van der Waals surface area contributed by atoms with Crippen LogP contribution in [0.4, 0.5) is 5.82 Å². The number of nitrogens with one attached hydrogen (secondary N) is 1. The maximum absolute atomic E-state index is 11.9. The molecule has 1 aliphatic heterocycles. The van der Waals surface area contributed by atoms with E-state index in [2.05, 4.69) is 25.3 Å². The lowest BCUT2D eigenvalue weighted by Gasteiger charge is -2.36. The highest BCUT2D eigenvalue weighted by Gasteiger charge is 2.22. The van der Waals surface area contributed by atoms with Gasteiger partial charge in [0, 0.05) is 37.6 Å². The summed E-state index contributed by atoms with van der Waals surface area (Å²) in [6.45, 7) is 7.24. The molecule has 1 aliphatic rings. The monoisotopic (exact) mass is 342 g/mol. The third-order valence-electron chi connectivity index (χ3n) is 4.73. The molecule has 2 aromatic rings. The Kier molecular flexibility index (Phi) is 5.75. The summed E-state index contributed by atoms with van der Waals surface area (Å²) in [5, 5.41) is 7.76. The molecule has 1 unspecified atom stereocenters. The predicted octanol–water partition coefficient (Wildman–Crippen LogP) is 1.62. The molecular weight excluding hydrogens is 316 g/mol. The lowest BCUT2D eigenvalue weighted by atomic mass is 10.0. The molecule has 3 rings (SSSR count). The van der Waals surface area contributed by atoms with Gasteiger partial charge in [-0.3, -0.25) is 14.7 Å². The summed E-state index contributed by atoms with van der Waals surface area (Å²) in [5.41, 5.74) is 1.75. The van der Waals surface area contributed by atoms with Crippen LogP contribution in [0.25, 0.3) is 0 Å². The SMILES string of the molecule is Cc1ccc(=O)n(CCN2CCCCC2CNc2nccnc2C)n1. The number of aromatic nitrogens is 4. The van der Waals surface area contributed by atoms with E-state index in [-0.39, 0.29) is 5.56 Å². The Morgan fingerprint density at radius 1 is 1.16 bits per heavy atom. The summed E-state index contributed by atoms with van der Waals surface area (Å²) in [6, 6.07) is 3.79. The van der Waals surface area contributed by atoms with Crippen LogP contribution in [0.15, 0.2) is 29.3 Å². The molecule has 0 spiro atoms. The topological polar surface area (TPSA) is 75.9 Å². The molecule has 3 heterocycles. The summed E-state index contributed by atoms with van der Waals surface area (Å²) >= 11 is 0. The molecule has 1 atom stereocenters. The smallest absolute Gasteiger partial charge is 0.266 e. The van der Waals surface area contributed by atoms with Crippen molar-refractivity contribution >= 4 is 5.82 Å². The molecule has 0 aromatic carbocycles. The molecule has 1 saturated heterocycles. The number of hydrogen-bond donors (Lipinski definition) is 1. The Balaban J connectivity index is 1.60. The minimum Gasteiger partial charge on any atom is -0.367 e. The summed E-state index contributed by atoms with van der Waals surface area (Å²) in [4.78, 5) is 23.0. The normalized spacial score (nSPS) is 18.2. The maximum Gasteiger partial charge on any atom is 0.266 e. The zero-order valence-electron chi connectivity index (χ0n) is 15.0. The summed E-state index contributed by atoms with van der Waals surface area (Å²) in [7, 11) is 0. The van der Waals surface area contributed by atoms with Crippen molar-refractivity contribution in [3.63, 3.8) is 0 Å². The fourth-order valence-electron chi connectivity index (χ4n) is 3.32. The first kappa shape index (κ1) is 17.5. The minimum atomic E-state index is -0.0348. The van der Waals surface area contributed by atoms with Crippen molar-refractivity contribution in [3.8, 4) is 0 Å². The van der Waals surface area contributed by atoms with E-state index in [9.17, 15) is 4.79 Å². The number of piperidine rings is 1. The van der Waals surface area contributed by atoms with Gasteiger partial charge in [0.05, 0.1) is 17.9 Å². The Labute approximate surface area is 148 Å². The lowest BCUT2D eigenvalue weighted by Crippen LogP contribution is -2.45. The van der Waals surface area contributed by atoms with Crippen LogP contribution in [-0.4, -0.2) is 50.3 Å². The second-order valence-electron chi connectivity index (χ2n) is 6.59. The van der Waals surface area contributed by atoms with Crippen LogP contribution < -0.4 is 10.9 Å². The fourth-order valence-corrected chi connectivity index (χ4v) is 3.32. The molecule has 0 aliphatic carbocycles. The first-order chi connectivity index (χ1) is 12.1. The van der Waals surface area contributed by atoms with Crippen LogP contribution in [0.5, 0.6) is 0 Å². The van der Waals surface area contributed by atoms with Crippen LogP contribution in [0.2, 0.25) is 0 Å². The van der Waals surface area contributed by atoms with Crippen molar-refractivity contribution < 1.29 is 0 Å². The van der Waals surface area contributed by atoms with Gasteiger partial charge in [-0.05, 0) is 39.3 Å². The number of nitrogens with zero attached hydrogens (tertiary/aromatic N) is 5. The van der Waals surface area contributed by atoms with Gasteiger partial charge in [0.15, 0.2) is 0 Å². The maximum atomic E-state index is 11.9. The second kappa shape index (κ2) is 8.20. The average molecular weight is 342 g/mol. The van der Waals surface area contributed by atoms with Gasteiger partial charge in [0.25, 0.3) is 5.56 Å². The molecule has 0 bridgehead atoms. The van der Waals surface area contributed by atoms with E-state index in [1.807, 2.05) is 13.8 Å². The number of aryl methyl sites for hydroxylation is 2. The van der Waals surface area contributed by atoms with Gasteiger partial charge < -0.3 is 5.32 Å². The van der Waals surface area contributed by atoms with E-state index < -0.39 is 0 Å². The third kappa shape index (κ3) is 4.63. The van der Waals surface area contributed by atoms with Crippen molar-refractivity contribution in [3.05, 3.63) is 46.3 Å². The van der Waals surface area contributed by atoms with Gasteiger partial charge >= 0.3 is 0 Å². The largest absolute Gasteiger partial charge is 0.367 e. The number of likely N-dealkylation sites (tertiary alicyclic amines) is 1. The first-order valence-electron chi connectivity index (χ1n) is 8.94. The number of hydrogen-bond acceptors (Lipinski definition) is 6. The highest BCUT2D eigenvalue weighted by molar-refractivity contribution is 5.38. The van der Waals surface area contributed by atoms with Crippen LogP contribution in [0, 0.1) is 13.8 Å². The third-order valence-corrected chi connectivity index (χ3v) is 4.73. The Bertz CT molecular complexity index is 759. The molecule has 7 heteroatoms. The standard InChI is InChI=1S/C18H26N6O/c1-14-6-7-17(25)24(22-14)12-11-23-10-4-3-5-16(23)13-21-18-15(2)19-8-9-20-18/h6-9,16H,3-5,10-13H2,1-2H3,(H,20,21). The van der Waals surface area contributed by atoms with Gasteiger partial charge in [0.2, 0.25) is 0 Å². The van der Waals surface area contributed by atoms with E-state index in [1.165, 1.54) is 12.8 Å². The van der Waals surface area contributed by atoms with E-state index in [0.717, 1.165) is 43.3 Å². The summed E-state index contributed by atoms with van der Waals surface area (Å²) in [5.74, 6) is 0.851. The molecule has 134 valence electrons. The molecule has 0 amide bonds. The number of rotatable bonds is 6. The summed E-state index contributed by atoms with van der Waals surface area (Å²) in [6.07, 6.45) is 7.02. The van der Waals surface area contributed by atoms with Crippen LogP contribution >= 0.6 is 0 Å². The zero-order chi connectivity index (χ0) is 17.6. The van der Waals surface area contributed by atoms with Crippen LogP contribution in [0.1, 0.15) is 30.7 Å². The predicted molar refractivity (Wildman–Crippen MR) is 97.7 cm³/mol. The van der Waals surface area contributed by atoms with Gasteiger partial charge in [-0.15, -0.1) is 0 Å². The minimum absolute atomic E-state index is 0.0348. The molecule has 0 saturated carbocycles. The van der Waals surface area contributed by atoms with Crippen LogP contribution in [-0.2, 0) is 6.54 Å². The number of anilines is 1. The molecule has 1 N–H and O–H groups in total. The van der Waals surface area contributed by atoms with E-state index in [1.54, 1.807) is 29.2 Å². The van der Waals surface area contributed by atoms with Gasteiger partial charge in [-0.1, -0.05) is 6.42 Å². The Morgan fingerprint density at radius 3 is 2.84 bits per heavy atom. The Morgan fingerprint density at radius 2 is 2.00 bits per heavy atom. The summed E-state index contributed by atoms with van der Waals surface area (Å²) < 4.78 is 1.57. The zero-order valence-corrected chi connectivity index (χ0v) is 15.0. The quantitative estimate of drug-likeness (QED) is 0.860. The van der Waals surface area contributed by atoms with E-state index in [4.69, 9.17) is 0 Å². The second-order valence-corrected chi connectivity index (χ2v) is 6.59. The highest BCUT2D eigenvalue weighted by atomic mass is 16.1. The first-order valence-corrected chi connectivity index (χ1v) is 8.94. The van der Waals surface area contributed by atoms with Crippen LogP contribution in [0.3, 0.4) is 0 Å². The molecule has 0 radical (unpaired) electrons. The Hall–Kier alpha value is -2.28. The average Bonchev–Trinajstić information content (AvgIpc) is 2.62. The highest BCUT2D eigenvalue weighted by Crippen LogP contribution is 2.18. The lowest BCUT2D eigenvalue weighted by molar-refractivity contribution is 0.148. The molecular formula is C18H26N6O. The van der Waals surface area contributed by atoms with Crippen molar-refractivity contribution in [1.82, 2.24) is 24.6 Å². The van der Waals surface area contributed by atoms with Gasteiger partial charge in [-0.25, -0.2) is 9.67 Å². The molecule has 1 fully saturated rings. The van der Waals surface area contributed by atoms with Crippen molar-refractivity contribution in [2.45, 2.75) is 45.7 Å². The van der Waals surface area contributed by atoms with Crippen molar-refractivity contribution in [2.75, 3.05) is 25.0 Å².